The number of hydrogen-bond acceptors (Lipinski definition) is 5. The van der Waals surface area contributed by atoms with Gasteiger partial charge in [-0.1, -0.05) is 49.7 Å². The van der Waals surface area contributed by atoms with Crippen molar-refractivity contribution in [1.82, 2.24) is 9.97 Å². The van der Waals surface area contributed by atoms with Crippen LogP contribution in [0.1, 0.15) is 37.1 Å². The van der Waals surface area contributed by atoms with E-state index in [4.69, 9.17) is 22.1 Å². The molecule has 0 spiro atoms. The van der Waals surface area contributed by atoms with Crippen LogP contribution in [0, 0.1) is 12.8 Å². The van der Waals surface area contributed by atoms with Gasteiger partial charge in [-0.2, -0.15) is 0 Å². The second-order valence-corrected chi connectivity index (χ2v) is 8.59. The van der Waals surface area contributed by atoms with E-state index in [9.17, 15) is 4.79 Å². The Morgan fingerprint density at radius 1 is 1.12 bits per heavy atom. The quantitative estimate of drug-likeness (QED) is 0.433. The summed E-state index contributed by atoms with van der Waals surface area (Å²) in [6, 6.07) is 15.5. The van der Waals surface area contributed by atoms with Crippen molar-refractivity contribution in [2.45, 2.75) is 40.0 Å². The summed E-state index contributed by atoms with van der Waals surface area (Å²) in [6.07, 6.45) is 2.14. The molecule has 0 atom stereocenters. The van der Waals surface area contributed by atoms with E-state index >= 15 is 0 Å². The molecule has 0 radical (unpaired) electrons. The SMILES string of the molecule is Cc1c(Cl)cccc1-c1cc(CCCc2ccc(NC(=O)OCC(C)C)cc2)nc(N)n1. The van der Waals surface area contributed by atoms with Crippen LogP contribution in [0.2, 0.25) is 5.02 Å². The maximum atomic E-state index is 11.8. The molecular formula is C25H29ClN4O2. The second kappa shape index (κ2) is 11.0. The van der Waals surface area contributed by atoms with Gasteiger partial charge in [-0.05, 0) is 67.5 Å². The molecule has 0 aliphatic rings. The van der Waals surface area contributed by atoms with Gasteiger partial charge in [0.05, 0.1) is 12.3 Å². The predicted molar refractivity (Wildman–Crippen MR) is 130 cm³/mol. The van der Waals surface area contributed by atoms with E-state index in [1.807, 2.05) is 69.3 Å². The van der Waals surface area contributed by atoms with Crippen molar-refractivity contribution in [3.05, 3.63) is 70.4 Å². The third-order valence-electron chi connectivity index (χ3n) is 4.99. The average molecular weight is 453 g/mol. The Hall–Kier alpha value is -3.12. The first kappa shape index (κ1) is 23.5. The van der Waals surface area contributed by atoms with Gasteiger partial charge < -0.3 is 10.5 Å². The average Bonchev–Trinajstić information content (AvgIpc) is 2.75. The van der Waals surface area contributed by atoms with Crippen molar-refractivity contribution in [3.8, 4) is 11.3 Å². The van der Waals surface area contributed by atoms with E-state index in [1.54, 1.807) is 0 Å². The van der Waals surface area contributed by atoms with Crippen LogP contribution in [0.5, 0.6) is 0 Å². The zero-order chi connectivity index (χ0) is 23.1. The topological polar surface area (TPSA) is 90.1 Å². The molecule has 0 fully saturated rings. The van der Waals surface area contributed by atoms with E-state index in [2.05, 4.69) is 15.3 Å². The van der Waals surface area contributed by atoms with Crippen molar-refractivity contribution in [3.63, 3.8) is 0 Å². The lowest BCUT2D eigenvalue weighted by atomic mass is 10.0. The number of ether oxygens (including phenoxy) is 1. The predicted octanol–water partition coefficient (Wildman–Crippen LogP) is 6.07. The molecule has 3 aromatic rings. The normalized spacial score (nSPS) is 10.9. The van der Waals surface area contributed by atoms with Crippen molar-refractivity contribution >= 4 is 29.3 Å². The largest absolute Gasteiger partial charge is 0.449 e. The molecule has 0 aliphatic carbocycles. The number of anilines is 2. The van der Waals surface area contributed by atoms with Crippen LogP contribution in [0.25, 0.3) is 11.3 Å². The standard InChI is InChI=1S/C25H29ClN4O2/c1-16(2)15-32-25(31)29-19-12-10-18(11-13-19)6-4-7-20-14-23(30-24(27)28-20)21-8-5-9-22(26)17(21)3/h5,8-14,16H,4,6-7,15H2,1-3H3,(H,29,31)(H2,27,28,30). The van der Waals surface area contributed by atoms with Crippen LogP contribution in [0.15, 0.2) is 48.5 Å². The number of hydrogen-bond donors (Lipinski definition) is 2. The highest BCUT2D eigenvalue weighted by molar-refractivity contribution is 6.31. The summed E-state index contributed by atoms with van der Waals surface area (Å²) in [7, 11) is 0. The van der Waals surface area contributed by atoms with E-state index in [1.165, 1.54) is 5.56 Å². The fourth-order valence-corrected chi connectivity index (χ4v) is 3.47. The van der Waals surface area contributed by atoms with Gasteiger partial charge in [0.15, 0.2) is 0 Å². The Morgan fingerprint density at radius 2 is 1.88 bits per heavy atom. The molecule has 0 unspecified atom stereocenters. The van der Waals surface area contributed by atoms with Crippen LogP contribution in [0.3, 0.4) is 0 Å². The van der Waals surface area contributed by atoms with Crippen LogP contribution in [0.4, 0.5) is 16.4 Å². The summed E-state index contributed by atoms with van der Waals surface area (Å²) in [4.78, 5) is 20.5. The fraction of sp³-hybridized carbons (Fsp3) is 0.320. The number of nitrogens with two attached hydrogens (primary N) is 1. The van der Waals surface area contributed by atoms with E-state index in [-0.39, 0.29) is 5.95 Å². The summed E-state index contributed by atoms with van der Waals surface area (Å²) < 4.78 is 5.14. The summed E-state index contributed by atoms with van der Waals surface area (Å²) in [5.74, 6) is 0.565. The van der Waals surface area contributed by atoms with Gasteiger partial charge in [0.2, 0.25) is 5.95 Å². The monoisotopic (exact) mass is 452 g/mol. The maximum absolute atomic E-state index is 11.8. The summed E-state index contributed by atoms with van der Waals surface area (Å²) >= 11 is 6.26. The number of carbonyl (C=O) groups is 1. The highest BCUT2D eigenvalue weighted by Crippen LogP contribution is 2.28. The number of amides is 1. The minimum absolute atomic E-state index is 0.261. The van der Waals surface area contributed by atoms with Gasteiger partial charge in [0, 0.05) is 22.0 Å². The van der Waals surface area contributed by atoms with Crippen molar-refractivity contribution < 1.29 is 9.53 Å². The van der Waals surface area contributed by atoms with Crippen LogP contribution in [-0.2, 0) is 17.6 Å². The number of aromatic nitrogens is 2. The molecule has 3 N–H and O–H groups in total. The molecule has 1 aromatic heterocycles. The molecule has 0 aliphatic heterocycles. The highest BCUT2D eigenvalue weighted by atomic mass is 35.5. The van der Waals surface area contributed by atoms with E-state index < -0.39 is 6.09 Å². The van der Waals surface area contributed by atoms with Gasteiger partial charge in [0.25, 0.3) is 0 Å². The van der Waals surface area contributed by atoms with Crippen molar-refractivity contribution in [2.24, 2.45) is 5.92 Å². The lowest BCUT2D eigenvalue weighted by Crippen LogP contribution is -2.16. The zero-order valence-electron chi connectivity index (χ0n) is 18.7. The van der Waals surface area contributed by atoms with Crippen LogP contribution >= 0.6 is 11.6 Å². The lowest BCUT2D eigenvalue weighted by Gasteiger charge is -2.10. The number of carbonyl (C=O) groups excluding carboxylic acids is 1. The maximum Gasteiger partial charge on any atom is 0.411 e. The minimum atomic E-state index is -0.432. The lowest BCUT2D eigenvalue weighted by molar-refractivity contribution is 0.147. The zero-order valence-corrected chi connectivity index (χ0v) is 19.4. The number of rotatable bonds is 8. The van der Waals surface area contributed by atoms with Gasteiger partial charge in [-0.15, -0.1) is 0 Å². The number of nitrogens with one attached hydrogen (secondary N) is 1. The number of nitrogens with zero attached hydrogens (tertiary/aromatic N) is 2. The molecule has 6 nitrogen and oxygen atoms in total. The first-order valence-electron chi connectivity index (χ1n) is 10.7. The van der Waals surface area contributed by atoms with Gasteiger partial charge in [0.1, 0.15) is 0 Å². The van der Waals surface area contributed by atoms with Gasteiger partial charge >= 0.3 is 6.09 Å². The molecule has 32 heavy (non-hydrogen) atoms. The van der Waals surface area contributed by atoms with E-state index in [0.29, 0.717) is 23.2 Å². The van der Waals surface area contributed by atoms with Crippen LogP contribution < -0.4 is 11.1 Å². The number of nitrogen functional groups attached to an aromatic ring is 1. The van der Waals surface area contributed by atoms with E-state index in [0.717, 1.165) is 41.8 Å². The Kier molecular flexibility index (Phi) is 8.06. The molecule has 2 aromatic carbocycles. The second-order valence-electron chi connectivity index (χ2n) is 8.18. The van der Waals surface area contributed by atoms with Gasteiger partial charge in [-0.3, -0.25) is 5.32 Å². The van der Waals surface area contributed by atoms with Crippen molar-refractivity contribution in [1.29, 1.82) is 0 Å². The molecule has 3 rings (SSSR count). The minimum Gasteiger partial charge on any atom is -0.449 e. The van der Waals surface area contributed by atoms with Crippen molar-refractivity contribution in [2.75, 3.05) is 17.7 Å². The molecule has 0 bridgehead atoms. The number of benzene rings is 2. The summed E-state index contributed by atoms with van der Waals surface area (Å²) in [6.45, 7) is 6.36. The Labute approximate surface area is 194 Å². The summed E-state index contributed by atoms with van der Waals surface area (Å²) in [5.41, 5.74) is 11.5. The summed E-state index contributed by atoms with van der Waals surface area (Å²) in [5, 5.41) is 3.44. The first-order valence-corrected chi connectivity index (χ1v) is 11.1. The molecule has 7 heteroatoms. The molecule has 0 saturated heterocycles. The number of halogens is 1. The fourth-order valence-electron chi connectivity index (χ4n) is 3.29. The highest BCUT2D eigenvalue weighted by Gasteiger charge is 2.10. The van der Waals surface area contributed by atoms with Crippen LogP contribution in [-0.4, -0.2) is 22.7 Å². The molecule has 1 heterocycles. The molecule has 1 amide bonds. The third kappa shape index (κ3) is 6.69. The molecular weight excluding hydrogens is 424 g/mol. The first-order chi connectivity index (χ1) is 15.3. The molecule has 0 saturated carbocycles. The Morgan fingerprint density at radius 3 is 2.59 bits per heavy atom. The van der Waals surface area contributed by atoms with Gasteiger partial charge in [-0.25, -0.2) is 14.8 Å². The number of aryl methyl sites for hydroxylation is 2. The smallest absolute Gasteiger partial charge is 0.411 e. The third-order valence-corrected chi connectivity index (χ3v) is 5.40. The Balaban J connectivity index is 1.57. The Bertz CT molecular complexity index is 1070. The molecule has 168 valence electrons.